The lowest BCUT2D eigenvalue weighted by Crippen LogP contribution is -2.39. The van der Waals surface area contributed by atoms with E-state index in [-0.39, 0.29) is 11.9 Å². The largest absolute Gasteiger partial charge is 0.481 e. The first-order chi connectivity index (χ1) is 10.4. The summed E-state index contributed by atoms with van der Waals surface area (Å²) >= 11 is 0. The second-order valence-corrected chi connectivity index (χ2v) is 6.07. The van der Waals surface area contributed by atoms with Crippen molar-refractivity contribution < 1.29 is 14.7 Å². The van der Waals surface area contributed by atoms with Gasteiger partial charge in [-0.2, -0.15) is 0 Å². The summed E-state index contributed by atoms with van der Waals surface area (Å²) in [5.74, 6) is -2.20. The molecular weight excluding hydrogens is 278 g/mol. The van der Waals surface area contributed by atoms with Crippen molar-refractivity contribution in [1.29, 1.82) is 0 Å². The molecule has 0 saturated carbocycles. The number of allylic oxidation sites excluding steroid dienone is 2. The van der Waals surface area contributed by atoms with Gasteiger partial charge in [-0.05, 0) is 50.3 Å². The highest BCUT2D eigenvalue weighted by molar-refractivity contribution is 5.85. The van der Waals surface area contributed by atoms with Crippen molar-refractivity contribution in [3.05, 3.63) is 47.0 Å². The minimum absolute atomic E-state index is 0.132. The van der Waals surface area contributed by atoms with Gasteiger partial charge in [0, 0.05) is 0 Å². The van der Waals surface area contributed by atoms with E-state index in [1.54, 1.807) is 0 Å². The van der Waals surface area contributed by atoms with Gasteiger partial charge < -0.3 is 10.4 Å². The summed E-state index contributed by atoms with van der Waals surface area (Å²) in [6, 6.07) is 5.97. The van der Waals surface area contributed by atoms with Crippen LogP contribution in [0.1, 0.15) is 42.5 Å². The second-order valence-electron chi connectivity index (χ2n) is 6.07. The standard InChI is InChI=1S/C18H23NO3/c1-11-8-9-14(10-12(11)2)13(3)19-17(20)15-6-4-5-7-16(15)18(21)22/h4-5,8-10,13,15-16H,6-7H2,1-3H3,(H,19,20)(H,21,22)/t13-,15-,16-/m0/s1. The highest BCUT2D eigenvalue weighted by atomic mass is 16.4. The van der Waals surface area contributed by atoms with Gasteiger partial charge >= 0.3 is 5.97 Å². The number of benzene rings is 1. The highest BCUT2D eigenvalue weighted by Gasteiger charge is 2.34. The first-order valence-electron chi connectivity index (χ1n) is 7.65. The Hall–Kier alpha value is -2.10. The lowest BCUT2D eigenvalue weighted by atomic mass is 9.82. The predicted octanol–water partition coefficient (Wildman–Crippen LogP) is 3.15. The van der Waals surface area contributed by atoms with Gasteiger partial charge in [0.05, 0.1) is 17.9 Å². The second kappa shape index (κ2) is 6.77. The maximum atomic E-state index is 12.4. The molecule has 1 aliphatic carbocycles. The minimum Gasteiger partial charge on any atom is -0.481 e. The minimum atomic E-state index is -0.900. The van der Waals surface area contributed by atoms with Crippen LogP contribution in [0.25, 0.3) is 0 Å². The van der Waals surface area contributed by atoms with E-state index in [0.29, 0.717) is 12.8 Å². The molecule has 0 unspecified atom stereocenters. The summed E-state index contributed by atoms with van der Waals surface area (Å²) in [6.07, 6.45) is 4.65. The van der Waals surface area contributed by atoms with Gasteiger partial charge in [0.1, 0.15) is 0 Å². The van der Waals surface area contributed by atoms with Gasteiger partial charge in [0.25, 0.3) is 0 Å². The number of hydrogen-bond donors (Lipinski definition) is 2. The van der Waals surface area contributed by atoms with E-state index in [2.05, 4.69) is 11.4 Å². The Morgan fingerprint density at radius 3 is 2.36 bits per heavy atom. The maximum absolute atomic E-state index is 12.4. The molecule has 4 nitrogen and oxygen atoms in total. The lowest BCUT2D eigenvalue weighted by molar-refractivity contribution is -0.147. The molecular formula is C18H23NO3. The van der Waals surface area contributed by atoms with Crippen molar-refractivity contribution in [2.45, 2.75) is 39.7 Å². The van der Waals surface area contributed by atoms with E-state index >= 15 is 0 Å². The number of nitrogens with one attached hydrogen (secondary N) is 1. The summed E-state index contributed by atoms with van der Waals surface area (Å²) < 4.78 is 0. The number of amides is 1. The molecule has 118 valence electrons. The zero-order valence-electron chi connectivity index (χ0n) is 13.3. The predicted molar refractivity (Wildman–Crippen MR) is 85.5 cm³/mol. The number of aliphatic carboxylic acids is 1. The SMILES string of the molecule is Cc1ccc([C@H](C)NC(=O)[C@H]2CC=CC[C@@H]2C(=O)O)cc1C. The topological polar surface area (TPSA) is 66.4 Å². The third kappa shape index (κ3) is 3.56. The molecule has 1 aliphatic rings. The van der Waals surface area contributed by atoms with Gasteiger partial charge in [0.15, 0.2) is 0 Å². The maximum Gasteiger partial charge on any atom is 0.307 e. The fraction of sp³-hybridized carbons (Fsp3) is 0.444. The van der Waals surface area contributed by atoms with Crippen LogP contribution in [-0.2, 0) is 9.59 Å². The summed E-state index contributed by atoms with van der Waals surface area (Å²) in [5, 5.41) is 12.2. The summed E-state index contributed by atoms with van der Waals surface area (Å²) in [6.45, 7) is 6.02. The molecule has 1 aromatic carbocycles. The lowest BCUT2D eigenvalue weighted by Gasteiger charge is -2.26. The van der Waals surface area contributed by atoms with Crippen molar-refractivity contribution in [3.8, 4) is 0 Å². The first kappa shape index (κ1) is 16.3. The fourth-order valence-electron chi connectivity index (χ4n) is 2.81. The monoisotopic (exact) mass is 301 g/mol. The van der Waals surface area contributed by atoms with E-state index in [9.17, 15) is 14.7 Å². The number of carboxylic acid groups (broad SMARTS) is 1. The van der Waals surface area contributed by atoms with Crippen LogP contribution in [0.2, 0.25) is 0 Å². The zero-order chi connectivity index (χ0) is 16.3. The van der Waals surface area contributed by atoms with Crippen LogP contribution in [0.5, 0.6) is 0 Å². The van der Waals surface area contributed by atoms with Gasteiger partial charge in [-0.25, -0.2) is 0 Å². The van der Waals surface area contributed by atoms with E-state index in [0.717, 1.165) is 5.56 Å². The number of carboxylic acids is 1. The quantitative estimate of drug-likeness (QED) is 0.840. The Bertz CT molecular complexity index is 606. The summed E-state index contributed by atoms with van der Waals surface area (Å²) in [4.78, 5) is 23.7. The number of rotatable bonds is 4. The van der Waals surface area contributed by atoms with E-state index in [1.807, 2.05) is 45.1 Å². The van der Waals surface area contributed by atoms with Crippen molar-refractivity contribution in [2.24, 2.45) is 11.8 Å². The average molecular weight is 301 g/mol. The molecule has 0 radical (unpaired) electrons. The Morgan fingerprint density at radius 2 is 1.77 bits per heavy atom. The highest BCUT2D eigenvalue weighted by Crippen LogP contribution is 2.27. The summed E-state index contributed by atoms with van der Waals surface area (Å²) in [7, 11) is 0. The molecule has 0 bridgehead atoms. The molecule has 0 heterocycles. The molecule has 22 heavy (non-hydrogen) atoms. The smallest absolute Gasteiger partial charge is 0.307 e. The Labute approximate surface area is 131 Å². The van der Waals surface area contributed by atoms with Gasteiger partial charge in [-0.3, -0.25) is 9.59 Å². The molecule has 0 fully saturated rings. The molecule has 2 N–H and O–H groups in total. The average Bonchev–Trinajstić information content (AvgIpc) is 2.49. The molecule has 0 aliphatic heterocycles. The number of carbonyl (C=O) groups is 2. The summed E-state index contributed by atoms with van der Waals surface area (Å²) in [5.41, 5.74) is 3.43. The molecule has 0 spiro atoms. The molecule has 1 amide bonds. The van der Waals surface area contributed by atoms with E-state index in [4.69, 9.17) is 0 Å². The Morgan fingerprint density at radius 1 is 1.14 bits per heavy atom. The molecule has 4 heteroatoms. The van der Waals surface area contributed by atoms with Crippen LogP contribution in [0.15, 0.2) is 30.4 Å². The fourth-order valence-corrected chi connectivity index (χ4v) is 2.81. The van der Waals surface area contributed by atoms with Crippen LogP contribution in [0.3, 0.4) is 0 Å². The van der Waals surface area contributed by atoms with Gasteiger partial charge in [-0.1, -0.05) is 30.4 Å². The number of carbonyl (C=O) groups excluding carboxylic acids is 1. The van der Waals surface area contributed by atoms with Crippen LogP contribution in [0, 0.1) is 25.7 Å². The molecule has 3 atom stereocenters. The van der Waals surface area contributed by atoms with Crippen molar-refractivity contribution in [2.75, 3.05) is 0 Å². The van der Waals surface area contributed by atoms with Crippen molar-refractivity contribution in [1.82, 2.24) is 5.32 Å². The third-order valence-corrected chi connectivity index (χ3v) is 4.48. The van der Waals surface area contributed by atoms with E-state index in [1.165, 1.54) is 11.1 Å². The molecule has 1 aromatic rings. The van der Waals surface area contributed by atoms with Crippen LogP contribution >= 0.6 is 0 Å². The number of hydrogen-bond acceptors (Lipinski definition) is 2. The first-order valence-corrected chi connectivity index (χ1v) is 7.65. The molecule has 0 saturated heterocycles. The van der Waals surface area contributed by atoms with Crippen LogP contribution < -0.4 is 5.32 Å². The van der Waals surface area contributed by atoms with E-state index < -0.39 is 17.8 Å². The zero-order valence-corrected chi connectivity index (χ0v) is 13.3. The van der Waals surface area contributed by atoms with Crippen LogP contribution in [-0.4, -0.2) is 17.0 Å². The van der Waals surface area contributed by atoms with Crippen LogP contribution in [0.4, 0.5) is 0 Å². The van der Waals surface area contributed by atoms with Gasteiger partial charge in [-0.15, -0.1) is 0 Å². The molecule has 0 aromatic heterocycles. The number of aryl methyl sites for hydroxylation is 2. The third-order valence-electron chi connectivity index (χ3n) is 4.48. The van der Waals surface area contributed by atoms with Crippen molar-refractivity contribution >= 4 is 11.9 Å². The Balaban J connectivity index is 2.08. The van der Waals surface area contributed by atoms with Crippen molar-refractivity contribution in [3.63, 3.8) is 0 Å². The van der Waals surface area contributed by atoms with Gasteiger partial charge in [0.2, 0.25) is 5.91 Å². The Kier molecular flexibility index (Phi) is 5.01. The molecule has 2 rings (SSSR count). The normalized spacial score (nSPS) is 22.1.